The highest BCUT2D eigenvalue weighted by molar-refractivity contribution is 7.92. The van der Waals surface area contributed by atoms with Gasteiger partial charge in [0.05, 0.1) is 23.9 Å². The number of rotatable bonds is 5. The zero-order valence-electron chi connectivity index (χ0n) is 13.6. The van der Waals surface area contributed by atoms with Crippen molar-refractivity contribution in [3.8, 4) is 11.6 Å². The minimum atomic E-state index is -3.77. The number of hydrogen-bond donors (Lipinski definition) is 2. The molecule has 0 saturated carbocycles. The van der Waals surface area contributed by atoms with Crippen molar-refractivity contribution in [2.24, 2.45) is 0 Å². The molecule has 9 heteroatoms. The van der Waals surface area contributed by atoms with Gasteiger partial charge in [-0.3, -0.25) is 14.6 Å². The van der Waals surface area contributed by atoms with Crippen molar-refractivity contribution in [3.63, 3.8) is 0 Å². The van der Waals surface area contributed by atoms with Gasteiger partial charge in [0.25, 0.3) is 15.6 Å². The maximum Gasteiger partial charge on any atom is 0.272 e. The molecule has 0 saturated heterocycles. The normalized spacial score (nSPS) is 11.3. The van der Waals surface area contributed by atoms with E-state index >= 15 is 0 Å². The van der Waals surface area contributed by atoms with E-state index in [0.717, 1.165) is 0 Å². The Bertz CT molecular complexity index is 1050. The number of aromatic amines is 1. The summed E-state index contributed by atoms with van der Waals surface area (Å²) in [7, 11) is -2.31. The second-order valence-corrected chi connectivity index (χ2v) is 6.98. The number of hydrogen-bond acceptors (Lipinski definition) is 5. The molecule has 1 aromatic carbocycles. The minimum absolute atomic E-state index is 0.0761. The molecule has 0 fully saturated rings. The highest BCUT2D eigenvalue weighted by Crippen LogP contribution is 2.20. The molecular formula is C16H16N4O4S. The second-order valence-electron chi connectivity index (χ2n) is 5.30. The van der Waals surface area contributed by atoms with Crippen molar-refractivity contribution in [2.45, 2.75) is 11.8 Å². The van der Waals surface area contributed by atoms with E-state index in [4.69, 9.17) is 4.74 Å². The first-order valence-corrected chi connectivity index (χ1v) is 8.79. The summed E-state index contributed by atoms with van der Waals surface area (Å²) in [6.45, 7) is 1.76. The molecular weight excluding hydrogens is 344 g/mol. The highest BCUT2D eigenvalue weighted by atomic mass is 32.2. The van der Waals surface area contributed by atoms with E-state index in [9.17, 15) is 13.2 Å². The molecule has 0 aliphatic carbocycles. The van der Waals surface area contributed by atoms with Crippen molar-refractivity contribution >= 4 is 15.7 Å². The van der Waals surface area contributed by atoms with Gasteiger partial charge in [0.1, 0.15) is 5.75 Å². The van der Waals surface area contributed by atoms with E-state index in [-0.39, 0.29) is 16.1 Å². The highest BCUT2D eigenvalue weighted by Gasteiger charge is 2.15. The first-order chi connectivity index (χ1) is 11.9. The van der Waals surface area contributed by atoms with Gasteiger partial charge < -0.3 is 4.74 Å². The summed E-state index contributed by atoms with van der Waals surface area (Å²) in [5.41, 5.74) is 0.743. The number of aryl methyl sites for hydroxylation is 1. The van der Waals surface area contributed by atoms with Gasteiger partial charge in [0.2, 0.25) is 0 Å². The van der Waals surface area contributed by atoms with Crippen LogP contribution < -0.4 is 15.0 Å². The number of benzene rings is 1. The smallest absolute Gasteiger partial charge is 0.272 e. The number of sulfonamides is 1. The fourth-order valence-corrected chi connectivity index (χ4v) is 3.32. The number of pyridine rings is 1. The number of aromatic nitrogens is 3. The van der Waals surface area contributed by atoms with Crippen molar-refractivity contribution < 1.29 is 13.2 Å². The molecule has 3 rings (SSSR count). The Morgan fingerprint density at radius 3 is 2.60 bits per heavy atom. The lowest BCUT2D eigenvalue weighted by Gasteiger charge is -2.09. The van der Waals surface area contributed by atoms with Crippen molar-refractivity contribution in [2.75, 3.05) is 11.8 Å². The summed E-state index contributed by atoms with van der Waals surface area (Å²) in [5, 5.41) is 2.86. The monoisotopic (exact) mass is 360 g/mol. The first kappa shape index (κ1) is 16.8. The summed E-state index contributed by atoms with van der Waals surface area (Å²) in [6.07, 6.45) is 1.34. The average molecular weight is 360 g/mol. The molecule has 0 spiro atoms. The third kappa shape index (κ3) is 3.56. The molecule has 0 atom stereocenters. The van der Waals surface area contributed by atoms with Gasteiger partial charge in [-0.1, -0.05) is 6.07 Å². The molecule has 130 valence electrons. The Labute approximate surface area is 144 Å². The molecule has 8 nitrogen and oxygen atoms in total. The van der Waals surface area contributed by atoms with Crippen LogP contribution in [0.5, 0.6) is 5.75 Å². The fourth-order valence-electron chi connectivity index (χ4n) is 2.24. The zero-order chi connectivity index (χ0) is 18.0. The van der Waals surface area contributed by atoms with Crippen LogP contribution in [-0.2, 0) is 10.0 Å². The van der Waals surface area contributed by atoms with Crippen LogP contribution in [0.2, 0.25) is 0 Å². The Kier molecular flexibility index (Phi) is 4.32. The Balaban J connectivity index is 1.85. The minimum Gasteiger partial charge on any atom is -0.497 e. The van der Waals surface area contributed by atoms with Crippen LogP contribution >= 0.6 is 0 Å². The van der Waals surface area contributed by atoms with E-state index in [2.05, 4.69) is 14.8 Å². The largest absolute Gasteiger partial charge is 0.497 e. The zero-order valence-corrected chi connectivity index (χ0v) is 14.4. The van der Waals surface area contributed by atoms with Gasteiger partial charge in [-0.15, -0.1) is 0 Å². The average Bonchev–Trinajstić information content (AvgIpc) is 2.93. The van der Waals surface area contributed by atoms with Gasteiger partial charge in [-0.25, -0.2) is 18.1 Å². The first-order valence-electron chi connectivity index (χ1n) is 7.31. The van der Waals surface area contributed by atoms with Gasteiger partial charge >= 0.3 is 0 Å². The summed E-state index contributed by atoms with van der Waals surface area (Å²) >= 11 is 0. The number of H-pyrrole nitrogens is 1. The van der Waals surface area contributed by atoms with Crippen LogP contribution in [0.4, 0.5) is 5.69 Å². The van der Waals surface area contributed by atoms with Crippen LogP contribution in [-0.4, -0.2) is 30.3 Å². The van der Waals surface area contributed by atoms with Crippen LogP contribution in [0.1, 0.15) is 5.69 Å². The van der Waals surface area contributed by atoms with Crippen molar-refractivity contribution in [1.29, 1.82) is 0 Å². The van der Waals surface area contributed by atoms with Gasteiger partial charge in [-0.05, 0) is 31.2 Å². The number of methoxy groups -OCH3 is 1. The van der Waals surface area contributed by atoms with Gasteiger partial charge in [0.15, 0.2) is 5.82 Å². The summed E-state index contributed by atoms with van der Waals surface area (Å²) in [6, 6.07) is 10.7. The predicted molar refractivity (Wildman–Crippen MR) is 92.7 cm³/mol. The van der Waals surface area contributed by atoms with Crippen LogP contribution in [0.3, 0.4) is 0 Å². The fraction of sp³-hybridized carbons (Fsp3) is 0.125. The van der Waals surface area contributed by atoms with E-state index in [1.165, 1.54) is 42.3 Å². The molecule has 0 unspecified atom stereocenters. The number of ether oxygens (including phenoxy) is 1. The molecule has 3 aromatic rings. The molecule has 0 aliphatic rings. The maximum absolute atomic E-state index is 12.4. The van der Waals surface area contributed by atoms with Crippen LogP contribution in [0.15, 0.2) is 58.4 Å². The molecule has 0 aliphatic heterocycles. The number of anilines is 1. The van der Waals surface area contributed by atoms with E-state index in [1.54, 1.807) is 25.1 Å². The summed E-state index contributed by atoms with van der Waals surface area (Å²) in [4.78, 5) is 16.0. The molecule has 2 heterocycles. The Hall–Kier alpha value is -3.07. The topological polar surface area (TPSA) is 106 Å². The van der Waals surface area contributed by atoms with Crippen LogP contribution in [0.25, 0.3) is 5.82 Å². The van der Waals surface area contributed by atoms with Crippen LogP contribution in [0, 0.1) is 6.92 Å². The van der Waals surface area contributed by atoms with E-state index in [1.807, 2.05) is 0 Å². The third-order valence-electron chi connectivity index (χ3n) is 3.43. The standard InChI is InChI=1S/C16H16N4O4S/c1-11-8-16(21)20(18-11)15-7-6-12(10-17-15)19-25(22,23)14-5-3-4-13(9-14)24-2/h3-10,18-19H,1-2H3. The molecule has 2 aromatic heterocycles. The maximum atomic E-state index is 12.4. The third-order valence-corrected chi connectivity index (χ3v) is 4.81. The number of nitrogens with zero attached hydrogens (tertiary/aromatic N) is 2. The molecule has 0 radical (unpaired) electrons. The summed E-state index contributed by atoms with van der Waals surface area (Å²) in [5.74, 6) is 0.806. The Morgan fingerprint density at radius 2 is 2.00 bits per heavy atom. The molecule has 2 N–H and O–H groups in total. The predicted octanol–water partition coefficient (Wildman–Crippen LogP) is 1.68. The van der Waals surface area contributed by atoms with E-state index < -0.39 is 10.0 Å². The van der Waals surface area contributed by atoms with Gasteiger partial charge in [-0.2, -0.15) is 0 Å². The SMILES string of the molecule is COc1cccc(S(=O)(=O)Nc2ccc(-n3[nH]c(C)cc3=O)nc2)c1. The second kappa shape index (κ2) is 6.44. The quantitative estimate of drug-likeness (QED) is 0.720. The van der Waals surface area contributed by atoms with Crippen molar-refractivity contribution in [3.05, 3.63) is 64.7 Å². The number of nitrogens with one attached hydrogen (secondary N) is 2. The van der Waals surface area contributed by atoms with Gasteiger partial charge in [0, 0.05) is 17.8 Å². The van der Waals surface area contributed by atoms with Crippen molar-refractivity contribution in [1.82, 2.24) is 14.8 Å². The van der Waals surface area contributed by atoms with E-state index in [0.29, 0.717) is 17.3 Å². The lowest BCUT2D eigenvalue weighted by Crippen LogP contribution is -2.16. The lowest BCUT2D eigenvalue weighted by molar-refractivity contribution is 0.413. The molecule has 0 amide bonds. The summed E-state index contributed by atoms with van der Waals surface area (Å²) < 4.78 is 33.6. The molecule has 25 heavy (non-hydrogen) atoms. The lowest BCUT2D eigenvalue weighted by atomic mass is 10.3. The Morgan fingerprint density at radius 1 is 1.20 bits per heavy atom. The molecule has 0 bridgehead atoms.